The summed E-state index contributed by atoms with van der Waals surface area (Å²) in [5.41, 5.74) is 0. The van der Waals surface area contributed by atoms with Crippen LogP contribution in [0, 0.1) is 7.14 Å². The van der Waals surface area contributed by atoms with Gasteiger partial charge >= 0.3 is 0 Å². The third kappa shape index (κ3) is 1.86. The molecule has 0 radical (unpaired) electrons. The number of thiol groups is 1. The molecule has 0 aromatic heterocycles. The predicted octanol–water partition coefficient (Wildman–Crippen LogP) is 2.60. The van der Waals surface area contributed by atoms with Crippen LogP contribution in [-0.4, -0.2) is 10.2 Å². The highest BCUT2D eigenvalue weighted by Gasteiger charge is 2.10. The summed E-state index contributed by atoms with van der Waals surface area (Å²) in [6.45, 7) is 0. The number of hydrogen-bond donors (Lipinski definition) is 3. The van der Waals surface area contributed by atoms with Gasteiger partial charge in [0.25, 0.3) is 0 Å². The number of hydrogen-bond acceptors (Lipinski definition) is 3. The Morgan fingerprint density at radius 2 is 1.82 bits per heavy atom. The van der Waals surface area contributed by atoms with Gasteiger partial charge in [-0.25, -0.2) is 0 Å². The van der Waals surface area contributed by atoms with Gasteiger partial charge in [-0.15, -0.1) is 12.6 Å². The Morgan fingerprint density at radius 1 is 1.27 bits per heavy atom. The Bertz CT molecular complexity index is 275. The monoisotopic (exact) mass is 394 g/mol. The van der Waals surface area contributed by atoms with E-state index in [0.717, 1.165) is 3.57 Å². The molecule has 2 N–H and O–H groups in total. The number of benzene rings is 1. The van der Waals surface area contributed by atoms with Crippen molar-refractivity contribution in [1.82, 2.24) is 0 Å². The topological polar surface area (TPSA) is 40.5 Å². The fourth-order valence-corrected chi connectivity index (χ4v) is 2.40. The number of phenols is 2. The molecule has 0 bridgehead atoms. The Morgan fingerprint density at radius 3 is 2.36 bits per heavy atom. The molecular weight excluding hydrogens is 390 g/mol. The molecule has 0 amide bonds. The number of aromatic hydroxyl groups is 2. The normalized spacial score (nSPS) is 10.1. The molecule has 60 valence electrons. The molecule has 1 rings (SSSR count). The quantitative estimate of drug-likeness (QED) is 0.360. The van der Waals surface area contributed by atoms with E-state index in [1.165, 1.54) is 6.07 Å². The second-order valence-electron chi connectivity index (χ2n) is 1.89. The van der Waals surface area contributed by atoms with Crippen LogP contribution in [0.25, 0.3) is 0 Å². The Labute approximate surface area is 96.7 Å². The lowest BCUT2D eigenvalue weighted by Gasteiger charge is -2.04. The van der Waals surface area contributed by atoms with Crippen molar-refractivity contribution in [3.05, 3.63) is 13.2 Å². The summed E-state index contributed by atoms with van der Waals surface area (Å²) in [4.78, 5) is 0.696. The molecule has 0 aliphatic rings. The predicted molar refractivity (Wildman–Crippen MR) is 62.5 cm³/mol. The lowest BCUT2D eigenvalue weighted by molar-refractivity contribution is 0.399. The molecule has 1 aromatic rings. The van der Waals surface area contributed by atoms with Crippen molar-refractivity contribution in [2.24, 2.45) is 0 Å². The Hall–Kier alpha value is 0.630. The zero-order valence-electron chi connectivity index (χ0n) is 5.17. The van der Waals surface area contributed by atoms with Crippen LogP contribution < -0.4 is 0 Å². The van der Waals surface area contributed by atoms with Crippen molar-refractivity contribution >= 4 is 57.8 Å². The minimum absolute atomic E-state index is 0.100. The van der Waals surface area contributed by atoms with Gasteiger partial charge in [0, 0.05) is 8.47 Å². The first kappa shape index (κ1) is 9.72. The van der Waals surface area contributed by atoms with Gasteiger partial charge in [-0.2, -0.15) is 0 Å². The lowest BCUT2D eigenvalue weighted by Crippen LogP contribution is -1.82. The van der Waals surface area contributed by atoms with E-state index in [9.17, 15) is 5.11 Å². The van der Waals surface area contributed by atoms with Crippen molar-refractivity contribution in [1.29, 1.82) is 0 Å². The van der Waals surface area contributed by atoms with Gasteiger partial charge in [-0.1, -0.05) is 0 Å². The minimum Gasteiger partial charge on any atom is -0.504 e. The van der Waals surface area contributed by atoms with Crippen LogP contribution in [0.15, 0.2) is 11.0 Å². The Kier molecular flexibility index (Phi) is 3.15. The molecule has 1 aromatic carbocycles. The van der Waals surface area contributed by atoms with Crippen molar-refractivity contribution in [3.8, 4) is 11.5 Å². The standard InChI is InChI=1S/C6H4I2O2S/c7-2-1-3(9)5(10)4(8)6(2)11/h1,9-11H. The molecule has 0 aliphatic heterocycles. The van der Waals surface area contributed by atoms with Crippen LogP contribution >= 0.6 is 57.8 Å². The fraction of sp³-hybridized carbons (Fsp3) is 0. The molecule has 5 heteroatoms. The smallest absolute Gasteiger partial charge is 0.172 e. The maximum atomic E-state index is 9.20. The van der Waals surface area contributed by atoms with E-state index in [4.69, 9.17) is 5.11 Å². The Balaban J connectivity index is 3.46. The average Bonchev–Trinajstić information content (AvgIpc) is 1.97. The number of phenolic OH excluding ortho intramolecular Hbond substituents is 2. The second kappa shape index (κ2) is 3.56. The van der Waals surface area contributed by atoms with Gasteiger partial charge < -0.3 is 10.2 Å². The van der Waals surface area contributed by atoms with Crippen LogP contribution in [0.4, 0.5) is 0 Å². The summed E-state index contributed by atoms with van der Waals surface area (Å²) in [5.74, 6) is -0.201. The molecule has 11 heavy (non-hydrogen) atoms. The largest absolute Gasteiger partial charge is 0.504 e. The zero-order valence-corrected chi connectivity index (χ0v) is 10.4. The van der Waals surface area contributed by atoms with Gasteiger partial charge in [0.2, 0.25) is 0 Å². The van der Waals surface area contributed by atoms with E-state index in [1.54, 1.807) is 0 Å². The van der Waals surface area contributed by atoms with E-state index >= 15 is 0 Å². The second-order valence-corrected chi connectivity index (χ2v) is 4.58. The molecular formula is C6H4I2O2S. The lowest BCUT2D eigenvalue weighted by atomic mass is 10.3. The maximum absolute atomic E-state index is 9.20. The minimum atomic E-state index is -0.101. The van der Waals surface area contributed by atoms with Crippen molar-refractivity contribution in [2.75, 3.05) is 0 Å². The van der Waals surface area contributed by atoms with Crippen LogP contribution in [-0.2, 0) is 0 Å². The molecule has 0 unspecified atom stereocenters. The number of halogens is 2. The summed E-state index contributed by atoms with van der Waals surface area (Å²) in [7, 11) is 0. The van der Waals surface area contributed by atoms with Crippen LogP contribution in [0.3, 0.4) is 0 Å². The van der Waals surface area contributed by atoms with E-state index in [0.29, 0.717) is 8.47 Å². The molecule has 2 nitrogen and oxygen atoms in total. The van der Waals surface area contributed by atoms with Crippen LogP contribution in [0.2, 0.25) is 0 Å². The van der Waals surface area contributed by atoms with Gasteiger partial charge in [-0.05, 0) is 51.2 Å². The van der Waals surface area contributed by atoms with Crippen molar-refractivity contribution < 1.29 is 10.2 Å². The first-order chi connectivity index (χ1) is 5.04. The fourth-order valence-electron chi connectivity index (χ4n) is 0.586. The highest BCUT2D eigenvalue weighted by molar-refractivity contribution is 14.1. The molecule has 0 heterocycles. The van der Waals surface area contributed by atoms with Crippen LogP contribution in [0.1, 0.15) is 0 Å². The van der Waals surface area contributed by atoms with Gasteiger partial charge in [0.05, 0.1) is 3.57 Å². The van der Waals surface area contributed by atoms with E-state index in [2.05, 4.69) is 12.6 Å². The first-order valence-corrected chi connectivity index (χ1v) is 5.23. The van der Waals surface area contributed by atoms with E-state index < -0.39 is 0 Å². The first-order valence-electron chi connectivity index (χ1n) is 2.63. The maximum Gasteiger partial charge on any atom is 0.172 e. The molecule has 0 spiro atoms. The summed E-state index contributed by atoms with van der Waals surface area (Å²) < 4.78 is 1.40. The average molecular weight is 394 g/mol. The van der Waals surface area contributed by atoms with E-state index in [1.807, 2.05) is 45.2 Å². The third-order valence-electron chi connectivity index (χ3n) is 1.15. The van der Waals surface area contributed by atoms with Gasteiger partial charge in [-0.3, -0.25) is 0 Å². The van der Waals surface area contributed by atoms with Gasteiger partial charge in [0.1, 0.15) is 0 Å². The highest BCUT2D eigenvalue weighted by Crippen LogP contribution is 2.37. The SMILES string of the molecule is Oc1cc(I)c(S)c(I)c1O. The summed E-state index contributed by atoms with van der Waals surface area (Å²) >= 11 is 8.11. The molecule has 0 saturated carbocycles. The summed E-state index contributed by atoms with van der Waals surface area (Å²) in [6, 6.07) is 1.47. The van der Waals surface area contributed by atoms with Crippen LogP contribution in [0.5, 0.6) is 11.5 Å². The van der Waals surface area contributed by atoms with Gasteiger partial charge in [0.15, 0.2) is 11.5 Å². The third-order valence-corrected chi connectivity index (χ3v) is 4.37. The highest BCUT2D eigenvalue weighted by atomic mass is 127. The molecule has 0 aliphatic carbocycles. The number of rotatable bonds is 0. The van der Waals surface area contributed by atoms with Crippen molar-refractivity contribution in [2.45, 2.75) is 4.90 Å². The zero-order chi connectivity index (χ0) is 8.59. The molecule has 0 saturated heterocycles. The summed E-state index contributed by atoms with van der Waals surface area (Å²) in [5, 5.41) is 18.3. The molecule has 0 fully saturated rings. The molecule has 0 atom stereocenters. The van der Waals surface area contributed by atoms with E-state index in [-0.39, 0.29) is 11.5 Å². The summed E-state index contributed by atoms with van der Waals surface area (Å²) in [6.07, 6.45) is 0. The van der Waals surface area contributed by atoms with Crippen molar-refractivity contribution in [3.63, 3.8) is 0 Å².